The largest absolute Gasteiger partial charge is 0.391 e. The molecule has 232 valence electrons. The molecule has 0 aromatic rings. The van der Waals surface area contributed by atoms with E-state index in [1.54, 1.807) is 49.8 Å². The van der Waals surface area contributed by atoms with Gasteiger partial charge in [0, 0.05) is 65.3 Å². The van der Waals surface area contributed by atoms with Crippen molar-refractivity contribution in [2.75, 3.05) is 85.1 Å². The van der Waals surface area contributed by atoms with Crippen LogP contribution < -0.4 is 5.32 Å². The Balaban J connectivity index is 3.54. The lowest BCUT2D eigenvalue weighted by Gasteiger charge is -2.17. The molecule has 5 atom stereocenters. The third-order valence-corrected chi connectivity index (χ3v) is 8.94. The molecule has 3 N–H and O–H groups in total. The summed E-state index contributed by atoms with van der Waals surface area (Å²) in [5.74, 6) is 1.20. The Morgan fingerprint density at radius 2 is 1.44 bits per heavy atom. The summed E-state index contributed by atoms with van der Waals surface area (Å²) in [4.78, 5) is 26.9. The Kier molecular flexibility index (Phi) is 23.7. The van der Waals surface area contributed by atoms with E-state index in [9.17, 15) is 19.8 Å². The van der Waals surface area contributed by atoms with Crippen molar-refractivity contribution < 1.29 is 29.3 Å². The van der Waals surface area contributed by atoms with Gasteiger partial charge in [-0.25, -0.2) is 0 Å². The highest BCUT2D eigenvalue weighted by molar-refractivity contribution is 8.03. The first-order valence-electron chi connectivity index (χ1n) is 14.9. The molecule has 0 aliphatic heterocycles. The van der Waals surface area contributed by atoms with Crippen LogP contribution in [0.2, 0.25) is 0 Å². The average Bonchev–Trinajstić information content (AvgIpc) is 2.91. The van der Waals surface area contributed by atoms with Crippen LogP contribution in [0.3, 0.4) is 0 Å². The SMILES string of the molecule is [2H]P(CCCOCC(O)CCCCC(C)C(=O)N(C)C)CSCCCOCC(O)CNCCC(C)C(=O)N(C)C. The molecule has 0 aliphatic carbocycles. The number of rotatable bonds is 26. The number of unbranched alkanes of at least 4 members (excludes halogenated alkanes) is 1. The summed E-state index contributed by atoms with van der Waals surface area (Å²) in [5, 5.41) is 23.3. The van der Waals surface area contributed by atoms with Crippen molar-refractivity contribution >= 4 is 32.1 Å². The molecule has 0 radical (unpaired) electrons. The monoisotopic (exact) mass is 596 g/mol. The maximum Gasteiger partial charge on any atom is 0.224 e. The van der Waals surface area contributed by atoms with Gasteiger partial charge in [0.05, 0.1) is 26.7 Å². The molecule has 0 saturated carbocycles. The van der Waals surface area contributed by atoms with Gasteiger partial charge in [-0.3, -0.25) is 9.59 Å². The van der Waals surface area contributed by atoms with E-state index < -0.39 is 20.7 Å². The van der Waals surface area contributed by atoms with E-state index in [2.05, 4.69) is 5.32 Å². The molecule has 0 rings (SSSR count). The van der Waals surface area contributed by atoms with Gasteiger partial charge in [-0.05, 0) is 50.6 Å². The highest BCUT2D eigenvalue weighted by Crippen LogP contribution is 2.20. The average molecular weight is 597 g/mol. The van der Waals surface area contributed by atoms with Gasteiger partial charge in [-0.1, -0.05) is 26.7 Å². The Labute approximate surface area is 245 Å². The standard InChI is InChI=1S/C28H58N3O6PS/c1-23(27(34)30(3)4)11-7-8-12-25(32)20-36-15-9-17-38-22-39-18-10-16-37-21-26(33)19-29-14-13-24(2)28(35)31(5)6/h23-26,29,32-33,38H,7-22H2,1-6H3/i38D. The summed E-state index contributed by atoms with van der Waals surface area (Å²) in [6.07, 6.45) is 5.60. The number of nitrogens with one attached hydrogen (secondary N) is 1. The molecule has 0 saturated heterocycles. The first kappa shape index (κ1) is 36.5. The zero-order valence-electron chi connectivity index (χ0n) is 26.4. The minimum Gasteiger partial charge on any atom is -0.391 e. The Morgan fingerprint density at radius 3 is 2.08 bits per heavy atom. The molecule has 2 amide bonds. The number of amides is 2. The summed E-state index contributed by atoms with van der Waals surface area (Å²) in [5.41, 5.74) is 0.841. The predicted molar refractivity (Wildman–Crippen MR) is 165 cm³/mol. The number of carbonyl (C=O) groups excluding carboxylic acids is 2. The fourth-order valence-electron chi connectivity index (χ4n) is 3.86. The molecule has 9 nitrogen and oxygen atoms in total. The molecule has 39 heavy (non-hydrogen) atoms. The van der Waals surface area contributed by atoms with E-state index in [4.69, 9.17) is 10.8 Å². The highest BCUT2D eigenvalue weighted by atomic mass is 32.2. The van der Waals surface area contributed by atoms with Crippen LogP contribution in [0, 0.1) is 11.8 Å². The van der Waals surface area contributed by atoms with E-state index >= 15 is 0 Å². The van der Waals surface area contributed by atoms with Crippen LogP contribution in [0.1, 0.15) is 58.8 Å². The second-order valence-corrected chi connectivity index (χ2v) is 13.4. The highest BCUT2D eigenvalue weighted by Gasteiger charge is 2.15. The maximum atomic E-state index is 11.8. The van der Waals surface area contributed by atoms with Crippen molar-refractivity contribution in [1.82, 2.24) is 15.1 Å². The zero-order valence-corrected chi connectivity index (χ0v) is 27.1. The molecule has 0 fully saturated rings. The third-order valence-electron chi connectivity index (χ3n) is 6.27. The molecule has 0 aromatic carbocycles. The number of aliphatic hydroxyl groups excluding tert-OH is 2. The molecular weight excluding hydrogens is 537 g/mol. The number of hydrogen-bond acceptors (Lipinski definition) is 8. The van der Waals surface area contributed by atoms with Gasteiger partial charge in [0.2, 0.25) is 11.8 Å². The number of thioether (sulfide) groups is 1. The van der Waals surface area contributed by atoms with Gasteiger partial charge in [-0.2, -0.15) is 11.8 Å². The van der Waals surface area contributed by atoms with Crippen LogP contribution in [0.4, 0.5) is 0 Å². The lowest BCUT2D eigenvalue weighted by molar-refractivity contribution is -0.133. The summed E-state index contributed by atoms with van der Waals surface area (Å²) in [6, 6.07) is 0. The quantitative estimate of drug-likeness (QED) is 0.103. The van der Waals surface area contributed by atoms with Crippen LogP contribution in [0.5, 0.6) is 0 Å². The van der Waals surface area contributed by atoms with Crippen molar-refractivity contribution in [3.63, 3.8) is 0 Å². The summed E-state index contributed by atoms with van der Waals surface area (Å²) >= 11 is 1.78. The first-order chi connectivity index (χ1) is 19.0. The second kappa shape index (κ2) is 25.2. The zero-order chi connectivity index (χ0) is 30.3. The molecule has 0 bridgehead atoms. The molecule has 11 heteroatoms. The normalized spacial score (nSPS) is 15.7. The summed E-state index contributed by atoms with van der Waals surface area (Å²) < 4.78 is 19.4. The van der Waals surface area contributed by atoms with Gasteiger partial charge in [0.25, 0.3) is 0 Å². The second-order valence-electron chi connectivity index (χ2n) is 10.7. The minimum absolute atomic E-state index is 0.0230. The van der Waals surface area contributed by atoms with Crippen LogP contribution >= 0.6 is 20.3 Å². The van der Waals surface area contributed by atoms with Crippen molar-refractivity contribution in [2.45, 2.75) is 71.0 Å². The molecular formula is C28H58N3O6PS. The lowest BCUT2D eigenvalue weighted by atomic mass is 10.0. The first-order valence-corrected chi connectivity index (χ1v) is 16.8. The molecule has 0 aromatic heterocycles. The van der Waals surface area contributed by atoms with Gasteiger partial charge in [0.15, 0.2) is 0 Å². The van der Waals surface area contributed by atoms with Crippen LogP contribution in [-0.4, -0.2) is 130 Å². The number of carbonyl (C=O) groups is 2. The van der Waals surface area contributed by atoms with E-state index in [1.807, 2.05) is 13.8 Å². The number of hydrogen-bond donors (Lipinski definition) is 3. The number of nitrogens with zero attached hydrogens (tertiary/aromatic N) is 2. The van der Waals surface area contributed by atoms with Gasteiger partial charge in [0.1, 0.15) is 0 Å². The minimum atomic E-state index is -0.770. The number of ether oxygens (including phenoxy) is 2. The van der Waals surface area contributed by atoms with Crippen LogP contribution in [0.25, 0.3) is 0 Å². The summed E-state index contributed by atoms with van der Waals surface area (Å²) in [6.45, 7) is 6.79. The summed E-state index contributed by atoms with van der Waals surface area (Å²) in [7, 11) is 6.30. The topological polar surface area (TPSA) is 112 Å². The number of aliphatic hydroxyl groups is 2. The maximum absolute atomic E-state index is 11.8. The Bertz CT molecular complexity index is 653. The van der Waals surface area contributed by atoms with Gasteiger partial charge < -0.3 is 34.8 Å². The smallest absolute Gasteiger partial charge is 0.224 e. The van der Waals surface area contributed by atoms with Crippen molar-refractivity contribution in [3.05, 3.63) is 0 Å². The molecule has 5 unspecified atom stereocenters. The van der Waals surface area contributed by atoms with E-state index in [0.29, 0.717) is 45.9 Å². The fraction of sp³-hybridized carbons (Fsp3) is 0.929. The Hall–Kier alpha value is -0.480. The van der Waals surface area contributed by atoms with E-state index in [0.717, 1.165) is 55.9 Å². The lowest BCUT2D eigenvalue weighted by Crippen LogP contribution is -2.34. The third kappa shape index (κ3) is 22.8. The predicted octanol–water partition coefficient (Wildman–Crippen LogP) is 2.88. The Morgan fingerprint density at radius 1 is 0.872 bits per heavy atom. The molecule has 0 spiro atoms. The van der Waals surface area contributed by atoms with Crippen molar-refractivity contribution in [2.24, 2.45) is 11.8 Å². The van der Waals surface area contributed by atoms with E-state index in [-0.39, 0.29) is 23.7 Å². The van der Waals surface area contributed by atoms with Crippen LogP contribution in [-0.2, 0) is 19.1 Å². The van der Waals surface area contributed by atoms with Crippen molar-refractivity contribution in [1.29, 1.82) is 1.28 Å². The van der Waals surface area contributed by atoms with Gasteiger partial charge >= 0.3 is 0 Å². The van der Waals surface area contributed by atoms with E-state index in [1.165, 1.54) is 0 Å². The van der Waals surface area contributed by atoms with Gasteiger partial charge in [-0.15, -0.1) is 8.53 Å². The molecule has 0 aliphatic rings. The van der Waals surface area contributed by atoms with Crippen molar-refractivity contribution in [3.8, 4) is 0 Å². The van der Waals surface area contributed by atoms with Crippen LogP contribution in [0.15, 0.2) is 0 Å². The fourth-order valence-corrected chi connectivity index (χ4v) is 6.09. The molecule has 0 heterocycles.